The number of H-pyrrole nitrogens is 1. The Hall–Kier alpha value is -2.34. The minimum atomic E-state index is -1.27. The van der Waals surface area contributed by atoms with E-state index in [1.54, 1.807) is 6.92 Å². The standard InChI is InChI=1S/C15H19N3O3/c1-2-21-15(20)13(16)14(19)17-8-7-10-9-18-12-6-4-3-5-11(10)12/h3-6,9,13,18H,2,7-8,16H2,1H3,(H,17,19). The number of rotatable bonds is 6. The van der Waals surface area contributed by atoms with Gasteiger partial charge in [0.2, 0.25) is 5.91 Å². The number of amides is 1. The summed E-state index contributed by atoms with van der Waals surface area (Å²) >= 11 is 0. The molecular weight excluding hydrogens is 270 g/mol. The molecule has 1 unspecified atom stereocenters. The van der Waals surface area contributed by atoms with E-state index in [4.69, 9.17) is 10.5 Å². The van der Waals surface area contributed by atoms with Crippen LogP contribution in [0.1, 0.15) is 12.5 Å². The number of carbonyl (C=O) groups excluding carboxylic acids is 2. The van der Waals surface area contributed by atoms with Gasteiger partial charge in [0.05, 0.1) is 6.61 Å². The first kappa shape index (κ1) is 15.1. The molecule has 0 radical (unpaired) electrons. The van der Waals surface area contributed by atoms with E-state index in [9.17, 15) is 9.59 Å². The Kier molecular flexibility index (Phi) is 4.94. The number of aromatic amines is 1. The highest BCUT2D eigenvalue weighted by Crippen LogP contribution is 2.17. The molecule has 2 aromatic rings. The highest BCUT2D eigenvalue weighted by molar-refractivity contribution is 6.01. The molecule has 0 saturated heterocycles. The average molecular weight is 289 g/mol. The van der Waals surface area contributed by atoms with Gasteiger partial charge < -0.3 is 20.8 Å². The Balaban J connectivity index is 1.87. The number of carbonyl (C=O) groups is 2. The number of nitrogens with one attached hydrogen (secondary N) is 2. The van der Waals surface area contributed by atoms with Crippen LogP contribution in [0.5, 0.6) is 0 Å². The lowest BCUT2D eigenvalue weighted by Gasteiger charge is -2.10. The van der Waals surface area contributed by atoms with Crippen LogP contribution < -0.4 is 11.1 Å². The molecule has 21 heavy (non-hydrogen) atoms. The van der Waals surface area contributed by atoms with Crippen molar-refractivity contribution in [3.05, 3.63) is 36.0 Å². The van der Waals surface area contributed by atoms with Crippen LogP contribution in [-0.4, -0.2) is 36.1 Å². The molecule has 6 heteroatoms. The molecule has 0 spiro atoms. The van der Waals surface area contributed by atoms with Gasteiger partial charge in [-0.3, -0.25) is 4.79 Å². The van der Waals surface area contributed by atoms with Crippen molar-refractivity contribution in [3.8, 4) is 0 Å². The molecule has 1 atom stereocenters. The summed E-state index contributed by atoms with van der Waals surface area (Å²) in [6.45, 7) is 2.28. The third-order valence-corrected chi connectivity index (χ3v) is 3.19. The van der Waals surface area contributed by atoms with Crippen molar-refractivity contribution in [2.24, 2.45) is 5.73 Å². The summed E-state index contributed by atoms with van der Waals surface area (Å²) in [6, 6.07) is 6.67. The second-order valence-electron chi connectivity index (χ2n) is 4.63. The molecular formula is C15H19N3O3. The second-order valence-corrected chi connectivity index (χ2v) is 4.63. The van der Waals surface area contributed by atoms with E-state index in [1.165, 1.54) is 0 Å². The molecule has 0 fully saturated rings. The predicted octanol–water partition coefficient (Wildman–Crippen LogP) is 0.717. The van der Waals surface area contributed by atoms with Gasteiger partial charge in [0.1, 0.15) is 0 Å². The Morgan fingerprint density at radius 2 is 2.14 bits per heavy atom. The number of esters is 1. The smallest absolute Gasteiger partial charge is 0.332 e. The maximum absolute atomic E-state index is 11.7. The fourth-order valence-electron chi connectivity index (χ4n) is 2.11. The van der Waals surface area contributed by atoms with Gasteiger partial charge in [-0.05, 0) is 25.0 Å². The summed E-state index contributed by atoms with van der Waals surface area (Å²) in [5, 5.41) is 3.77. The van der Waals surface area contributed by atoms with Crippen molar-refractivity contribution in [3.63, 3.8) is 0 Å². The minimum Gasteiger partial charge on any atom is -0.464 e. The molecule has 0 aliphatic carbocycles. The SMILES string of the molecule is CCOC(=O)C(N)C(=O)NCCc1c[nH]c2ccccc12. The van der Waals surface area contributed by atoms with Gasteiger partial charge in [0, 0.05) is 23.6 Å². The Morgan fingerprint density at radius 3 is 2.90 bits per heavy atom. The van der Waals surface area contributed by atoms with Crippen molar-refractivity contribution in [2.45, 2.75) is 19.4 Å². The fourth-order valence-corrected chi connectivity index (χ4v) is 2.11. The number of aromatic nitrogens is 1. The van der Waals surface area contributed by atoms with Crippen molar-refractivity contribution in [2.75, 3.05) is 13.2 Å². The van der Waals surface area contributed by atoms with Crippen LogP contribution in [0.2, 0.25) is 0 Å². The quantitative estimate of drug-likeness (QED) is 0.539. The lowest BCUT2D eigenvalue weighted by Crippen LogP contribution is -2.47. The Labute approximate surface area is 122 Å². The summed E-state index contributed by atoms with van der Waals surface area (Å²) in [5.41, 5.74) is 7.67. The molecule has 0 bridgehead atoms. The number of nitrogens with two attached hydrogens (primary N) is 1. The summed E-state index contributed by atoms with van der Waals surface area (Å²) < 4.78 is 4.70. The molecule has 0 aliphatic heterocycles. The highest BCUT2D eigenvalue weighted by Gasteiger charge is 2.22. The third kappa shape index (κ3) is 3.61. The number of benzene rings is 1. The van der Waals surface area contributed by atoms with Crippen LogP contribution in [0, 0.1) is 0 Å². The van der Waals surface area contributed by atoms with Crippen LogP contribution in [0.3, 0.4) is 0 Å². The van der Waals surface area contributed by atoms with E-state index in [0.29, 0.717) is 13.0 Å². The van der Waals surface area contributed by atoms with E-state index in [1.807, 2.05) is 30.5 Å². The number of hydrogen-bond acceptors (Lipinski definition) is 4. The molecule has 6 nitrogen and oxygen atoms in total. The monoisotopic (exact) mass is 289 g/mol. The molecule has 0 aliphatic rings. The predicted molar refractivity (Wildman–Crippen MR) is 79.6 cm³/mol. The lowest BCUT2D eigenvalue weighted by atomic mass is 10.1. The van der Waals surface area contributed by atoms with Crippen molar-refractivity contribution in [1.82, 2.24) is 10.3 Å². The molecule has 1 amide bonds. The molecule has 1 heterocycles. The first-order valence-corrected chi connectivity index (χ1v) is 6.88. The maximum Gasteiger partial charge on any atom is 0.332 e. The highest BCUT2D eigenvalue weighted by atomic mass is 16.5. The van der Waals surface area contributed by atoms with Gasteiger partial charge in [0.25, 0.3) is 0 Å². The van der Waals surface area contributed by atoms with E-state index in [2.05, 4.69) is 10.3 Å². The number of fused-ring (bicyclic) bond motifs is 1. The Bertz CT molecular complexity index is 636. The van der Waals surface area contributed by atoms with E-state index in [0.717, 1.165) is 16.5 Å². The van der Waals surface area contributed by atoms with Crippen LogP contribution in [-0.2, 0) is 20.7 Å². The first-order chi connectivity index (χ1) is 10.1. The summed E-state index contributed by atoms with van der Waals surface area (Å²) in [4.78, 5) is 26.2. The molecule has 112 valence electrons. The van der Waals surface area contributed by atoms with Crippen LogP contribution in [0.25, 0.3) is 10.9 Å². The largest absolute Gasteiger partial charge is 0.464 e. The van der Waals surface area contributed by atoms with Crippen molar-refractivity contribution >= 4 is 22.8 Å². The number of hydrogen-bond donors (Lipinski definition) is 3. The molecule has 4 N–H and O–H groups in total. The van der Waals surface area contributed by atoms with E-state index >= 15 is 0 Å². The molecule has 0 saturated carbocycles. The van der Waals surface area contributed by atoms with E-state index < -0.39 is 17.9 Å². The van der Waals surface area contributed by atoms with Gasteiger partial charge in [-0.2, -0.15) is 0 Å². The zero-order valence-electron chi connectivity index (χ0n) is 11.9. The first-order valence-electron chi connectivity index (χ1n) is 6.88. The Morgan fingerprint density at radius 1 is 1.38 bits per heavy atom. The molecule has 2 rings (SSSR count). The van der Waals surface area contributed by atoms with Crippen molar-refractivity contribution in [1.29, 1.82) is 0 Å². The fraction of sp³-hybridized carbons (Fsp3) is 0.333. The van der Waals surface area contributed by atoms with Crippen LogP contribution >= 0.6 is 0 Å². The van der Waals surface area contributed by atoms with Gasteiger partial charge in [-0.1, -0.05) is 18.2 Å². The summed E-state index contributed by atoms with van der Waals surface area (Å²) in [7, 11) is 0. The lowest BCUT2D eigenvalue weighted by molar-refractivity contribution is -0.147. The van der Waals surface area contributed by atoms with Gasteiger partial charge >= 0.3 is 5.97 Å². The summed E-state index contributed by atoms with van der Waals surface area (Å²) in [5.74, 6) is -1.23. The third-order valence-electron chi connectivity index (χ3n) is 3.19. The zero-order chi connectivity index (χ0) is 15.2. The second kappa shape index (κ2) is 6.90. The zero-order valence-corrected chi connectivity index (χ0v) is 11.9. The summed E-state index contributed by atoms with van der Waals surface area (Å²) in [6.07, 6.45) is 2.58. The van der Waals surface area contributed by atoms with Gasteiger partial charge in [0.15, 0.2) is 6.04 Å². The minimum absolute atomic E-state index is 0.204. The van der Waals surface area contributed by atoms with Gasteiger partial charge in [-0.25, -0.2) is 4.79 Å². The topological polar surface area (TPSA) is 97.2 Å². The molecule has 1 aromatic heterocycles. The van der Waals surface area contributed by atoms with Gasteiger partial charge in [-0.15, -0.1) is 0 Å². The molecule has 1 aromatic carbocycles. The average Bonchev–Trinajstić information content (AvgIpc) is 2.90. The van der Waals surface area contributed by atoms with Crippen LogP contribution in [0.4, 0.5) is 0 Å². The van der Waals surface area contributed by atoms with E-state index in [-0.39, 0.29) is 6.61 Å². The maximum atomic E-state index is 11.7. The normalized spacial score (nSPS) is 12.1. The van der Waals surface area contributed by atoms with Crippen LogP contribution in [0.15, 0.2) is 30.5 Å². The number of ether oxygens (including phenoxy) is 1. The number of para-hydroxylation sites is 1. The van der Waals surface area contributed by atoms with Crippen molar-refractivity contribution < 1.29 is 14.3 Å².